The molecule has 2 aromatic carbocycles. The van der Waals surface area contributed by atoms with Crippen LogP contribution in [0.4, 0.5) is 15.8 Å². The van der Waals surface area contributed by atoms with Gasteiger partial charge in [0, 0.05) is 5.69 Å². The number of carbonyl (C=O) groups excluding carboxylic acids is 2. The molecule has 0 atom stereocenters. The number of nitrogens with zero attached hydrogens (tertiary/aromatic N) is 1. The first-order valence-corrected chi connectivity index (χ1v) is 12.0. The molecule has 32 heavy (non-hydrogen) atoms. The summed E-state index contributed by atoms with van der Waals surface area (Å²) in [7, 11) is -4.06. The lowest BCUT2D eigenvalue weighted by molar-refractivity contribution is -0.114. The van der Waals surface area contributed by atoms with Gasteiger partial charge in [-0.3, -0.25) is 9.10 Å². The van der Waals surface area contributed by atoms with E-state index in [2.05, 4.69) is 5.32 Å². The predicted octanol–water partition coefficient (Wildman–Crippen LogP) is 4.55. The quantitative estimate of drug-likeness (QED) is 0.462. The third kappa shape index (κ3) is 5.45. The Morgan fingerprint density at radius 2 is 1.88 bits per heavy atom. The average Bonchev–Trinajstić information content (AvgIpc) is 3.29. The molecular formula is C21H18ClFN2O5S2. The molecule has 0 aliphatic heterocycles. The van der Waals surface area contributed by atoms with Gasteiger partial charge in [0.1, 0.15) is 16.6 Å². The van der Waals surface area contributed by atoms with Crippen LogP contribution in [0.1, 0.15) is 17.3 Å². The highest BCUT2D eigenvalue weighted by Crippen LogP contribution is 2.27. The predicted molar refractivity (Wildman–Crippen MR) is 121 cm³/mol. The van der Waals surface area contributed by atoms with Gasteiger partial charge in [-0.25, -0.2) is 17.6 Å². The molecule has 0 aliphatic carbocycles. The van der Waals surface area contributed by atoms with E-state index in [1.807, 2.05) is 0 Å². The molecule has 0 saturated carbocycles. The van der Waals surface area contributed by atoms with E-state index >= 15 is 0 Å². The SMILES string of the molecule is CCOC(=O)c1ccc(NC(=O)CN(c2ccc(F)cc2)S(=O)(=O)c2cccs2)cc1Cl. The summed E-state index contributed by atoms with van der Waals surface area (Å²) < 4.78 is 45.4. The first kappa shape index (κ1) is 23.7. The van der Waals surface area contributed by atoms with Crippen molar-refractivity contribution in [2.45, 2.75) is 11.1 Å². The monoisotopic (exact) mass is 496 g/mol. The molecule has 1 aromatic heterocycles. The second-order valence-electron chi connectivity index (χ2n) is 6.38. The lowest BCUT2D eigenvalue weighted by Crippen LogP contribution is -2.37. The number of halogens is 2. The van der Waals surface area contributed by atoms with Crippen molar-refractivity contribution in [3.8, 4) is 0 Å². The van der Waals surface area contributed by atoms with Gasteiger partial charge in [-0.1, -0.05) is 17.7 Å². The summed E-state index contributed by atoms with van der Waals surface area (Å²) in [5.74, 6) is -1.79. The van der Waals surface area contributed by atoms with Crippen LogP contribution < -0.4 is 9.62 Å². The maximum Gasteiger partial charge on any atom is 0.339 e. The third-order valence-electron chi connectivity index (χ3n) is 4.19. The number of ether oxygens (including phenoxy) is 1. The van der Waals surface area contributed by atoms with Crippen molar-refractivity contribution in [3.63, 3.8) is 0 Å². The second kappa shape index (κ2) is 10.1. The Kier molecular flexibility index (Phi) is 7.49. The van der Waals surface area contributed by atoms with Gasteiger partial charge in [0.25, 0.3) is 10.0 Å². The highest BCUT2D eigenvalue weighted by Gasteiger charge is 2.28. The van der Waals surface area contributed by atoms with Crippen molar-refractivity contribution in [1.29, 1.82) is 0 Å². The van der Waals surface area contributed by atoms with Crippen LogP contribution in [0.15, 0.2) is 64.2 Å². The third-order valence-corrected chi connectivity index (χ3v) is 7.65. The highest BCUT2D eigenvalue weighted by atomic mass is 35.5. The Hall–Kier alpha value is -2.95. The molecule has 0 spiro atoms. The van der Waals surface area contributed by atoms with Gasteiger partial charge in [-0.2, -0.15) is 0 Å². The summed E-state index contributed by atoms with van der Waals surface area (Å²) >= 11 is 7.11. The van der Waals surface area contributed by atoms with Crippen LogP contribution in [0.5, 0.6) is 0 Å². The molecule has 3 rings (SSSR count). The van der Waals surface area contributed by atoms with Crippen molar-refractivity contribution in [2.24, 2.45) is 0 Å². The minimum atomic E-state index is -4.06. The number of nitrogens with one attached hydrogen (secondary N) is 1. The summed E-state index contributed by atoms with van der Waals surface area (Å²) in [4.78, 5) is 24.5. The number of rotatable bonds is 8. The van der Waals surface area contributed by atoms with Crippen LogP contribution in [-0.2, 0) is 19.6 Å². The molecule has 11 heteroatoms. The van der Waals surface area contributed by atoms with Gasteiger partial charge in [0.15, 0.2) is 0 Å². The molecule has 0 radical (unpaired) electrons. The van der Waals surface area contributed by atoms with Crippen LogP contribution >= 0.6 is 22.9 Å². The summed E-state index contributed by atoms with van der Waals surface area (Å²) in [5, 5.41) is 4.23. The molecule has 1 N–H and O–H groups in total. The zero-order valence-electron chi connectivity index (χ0n) is 16.7. The van der Waals surface area contributed by atoms with Gasteiger partial charge >= 0.3 is 5.97 Å². The van der Waals surface area contributed by atoms with Gasteiger partial charge in [-0.15, -0.1) is 11.3 Å². The summed E-state index contributed by atoms with van der Waals surface area (Å²) in [6.45, 7) is 1.28. The number of anilines is 2. The van der Waals surface area contributed by atoms with Crippen molar-refractivity contribution in [1.82, 2.24) is 0 Å². The Bertz CT molecular complexity index is 1220. The molecule has 7 nitrogen and oxygen atoms in total. The van der Waals surface area contributed by atoms with E-state index < -0.39 is 34.3 Å². The van der Waals surface area contributed by atoms with E-state index in [1.165, 1.54) is 36.4 Å². The van der Waals surface area contributed by atoms with E-state index in [9.17, 15) is 22.4 Å². The minimum absolute atomic E-state index is 0.0384. The number of hydrogen-bond acceptors (Lipinski definition) is 6. The molecule has 3 aromatic rings. The fourth-order valence-corrected chi connectivity index (χ4v) is 5.52. The second-order valence-corrected chi connectivity index (χ2v) is 9.83. The normalized spacial score (nSPS) is 11.1. The lowest BCUT2D eigenvalue weighted by atomic mass is 10.2. The fourth-order valence-electron chi connectivity index (χ4n) is 2.74. The number of amides is 1. The van der Waals surface area contributed by atoms with Crippen LogP contribution in [0, 0.1) is 5.82 Å². The molecule has 168 valence electrons. The van der Waals surface area contributed by atoms with E-state index in [0.717, 1.165) is 27.8 Å². The van der Waals surface area contributed by atoms with Crippen LogP contribution in [0.2, 0.25) is 5.02 Å². The average molecular weight is 497 g/mol. The highest BCUT2D eigenvalue weighted by molar-refractivity contribution is 7.94. The molecule has 1 amide bonds. The summed E-state index contributed by atoms with van der Waals surface area (Å²) in [6.07, 6.45) is 0. The van der Waals surface area contributed by atoms with Crippen molar-refractivity contribution in [3.05, 3.63) is 76.4 Å². The van der Waals surface area contributed by atoms with E-state index in [4.69, 9.17) is 16.3 Å². The molecule has 0 aliphatic rings. The van der Waals surface area contributed by atoms with E-state index in [0.29, 0.717) is 0 Å². The van der Waals surface area contributed by atoms with Crippen LogP contribution in [-0.4, -0.2) is 33.4 Å². The molecule has 1 heterocycles. The van der Waals surface area contributed by atoms with Gasteiger partial charge in [-0.05, 0) is 60.8 Å². The number of esters is 1. The molecule has 0 bridgehead atoms. The first-order chi connectivity index (χ1) is 15.2. The number of thiophene rings is 1. The zero-order valence-corrected chi connectivity index (χ0v) is 19.1. The molecular weight excluding hydrogens is 479 g/mol. The van der Waals surface area contributed by atoms with Gasteiger partial charge in [0.2, 0.25) is 5.91 Å². The van der Waals surface area contributed by atoms with Gasteiger partial charge < -0.3 is 10.1 Å². The fraction of sp³-hybridized carbons (Fsp3) is 0.143. The minimum Gasteiger partial charge on any atom is -0.462 e. The Labute approximate surface area is 193 Å². The lowest BCUT2D eigenvalue weighted by Gasteiger charge is -2.23. The smallest absolute Gasteiger partial charge is 0.339 e. The van der Waals surface area contributed by atoms with E-state index in [1.54, 1.807) is 18.4 Å². The Balaban J connectivity index is 1.84. The molecule has 0 fully saturated rings. The van der Waals surface area contributed by atoms with Crippen molar-refractivity contribution >= 4 is 56.2 Å². The number of hydrogen-bond donors (Lipinski definition) is 1. The Morgan fingerprint density at radius 1 is 1.16 bits per heavy atom. The standard InChI is InChI=1S/C21H18ClFN2O5S2/c1-2-30-21(27)17-10-7-15(12-18(17)22)24-19(26)13-25(16-8-5-14(23)6-9-16)32(28,29)20-4-3-11-31-20/h3-12H,2,13H2,1H3,(H,24,26). The summed E-state index contributed by atoms with van der Waals surface area (Å²) in [5.41, 5.74) is 0.533. The largest absolute Gasteiger partial charge is 0.462 e. The van der Waals surface area contributed by atoms with Crippen molar-refractivity contribution < 1.29 is 27.1 Å². The molecule has 0 saturated heterocycles. The Morgan fingerprint density at radius 3 is 2.47 bits per heavy atom. The van der Waals surface area contributed by atoms with Gasteiger partial charge in [0.05, 0.1) is 22.9 Å². The number of sulfonamides is 1. The maximum atomic E-state index is 13.4. The maximum absolute atomic E-state index is 13.4. The van der Waals surface area contributed by atoms with Crippen molar-refractivity contribution in [2.75, 3.05) is 22.8 Å². The molecule has 0 unspecified atom stereocenters. The first-order valence-electron chi connectivity index (χ1n) is 9.30. The van der Waals surface area contributed by atoms with Crippen LogP contribution in [0.25, 0.3) is 0 Å². The number of benzene rings is 2. The van der Waals surface area contributed by atoms with E-state index in [-0.39, 0.29) is 32.8 Å². The summed E-state index contributed by atoms with van der Waals surface area (Å²) in [6, 6.07) is 12.0. The topological polar surface area (TPSA) is 92.8 Å². The zero-order chi connectivity index (χ0) is 23.3. The number of carbonyl (C=O) groups is 2. The van der Waals surface area contributed by atoms with Crippen LogP contribution in [0.3, 0.4) is 0 Å².